The minimum atomic E-state index is 0.271. The molecule has 1 aromatic carbocycles. The second-order valence-corrected chi connectivity index (χ2v) is 3.18. The van der Waals surface area contributed by atoms with Crippen molar-refractivity contribution in [3.05, 3.63) is 30.3 Å². The second-order valence-electron chi connectivity index (χ2n) is 3.18. The summed E-state index contributed by atoms with van der Waals surface area (Å²) in [7, 11) is 0. The third kappa shape index (κ3) is 2.31. The third-order valence-electron chi connectivity index (χ3n) is 2.10. The lowest BCUT2D eigenvalue weighted by molar-refractivity contribution is 0.198. The molecule has 0 fully saturated rings. The van der Waals surface area contributed by atoms with E-state index in [1.807, 2.05) is 36.5 Å². The maximum atomic E-state index is 5.74. The van der Waals surface area contributed by atoms with Crippen LogP contribution in [0.3, 0.4) is 0 Å². The molecule has 0 aromatic heterocycles. The normalized spacial score (nSPS) is 21.4. The third-order valence-corrected chi connectivity index (χ3v) is 2.10. The first-order chi connectivity index (χ1) is 6.45. The number of benzene rings is 1. The molecule has 0 aliphatic carbocycles. The van der Waals surface area contributed by atoms with E-state index in [1.54, 1.807) is 0 Å². The number of aliphatic imine (C=N–C) groups is 1. The predicted molar refractivity (Wildman–Crippen MR) is 53.5 cm³/mol. The molecule has 1 aliphatic rings. The summed E-state index contributed by atoms with van der Waals surface area (Å²) in [6, 6.07) is 9.94. The van der Waals surface area contributed by atoms with Gasteiger partial charge in [0.15, 0.2) is 0 Å². The number of para-hydroxylation sites is 1. The van der Waals surface area contributed by atoms with Gasteiger partial charge in [-0.2, -0.15) is 0 Å². The van der Waals surface area contributed by atoms with E-state index in [0.29, 0.717) is 0 Å². The Labute approximate surface area is 78.3 Å². The molecule has 1 heterocycles. The minimum Gasteiger partial charge on any atom is -0.488 e. The number of hydrogen-bond donors (Lipinski definition) is 0. The van der Waals surface area contributed by atoms with Gasteiger partial charge in [-0.1, -0.05) is 18.2 Å². The van der Waals surface area contributed by atoms with Crippen molar-refractivity contribution in [1.82, 2.24) is 0 Å². The summed E-state index contributed by atoms with van der Waals surface area (Å²) < 4.78 is 5.74. The van der Waals surface area contributed by atoms with Gasteiger partial charge in [-0.3, -0.25) is 4.99 Å². The van der Waals surface area contributed by atoms with Gasteiger partial charge in [0.25, 0.3) is 0 Å². The summed E-state index contributed by atoms with van der Waals surface area (Å²) in [4.78, 5) is 4.20. The smallest absolute Gasteiger partial charge is 0.119 e. The molecule has 0 radical (unpaired) electrons. The number of ether oxygens (including phenoxy) is 1. The van der Waals surface area contributed by atoms with E-state index in [-0.39, 0.29) is 6.10 Å². The Kier molecular flexibility index (Phi) is 2.60. The van der Waals surface area contributed by atoms with Crippen molar-refractivity contribution < 1.29 is 4.74 Å². The van der Waals surface area contributed by atoms with E-state index in [4.69, 9.17) is 4.74 Å². The molecule has 2 rings (SSSR count). The van der Waals surface area contributed by atoms with Crippen LogP contribution in [0.2, 0.25) is 0 Å². The van der Waals surface area contributed by atoms with Gasteiger partial charge >= 0.3 is 0 Å². The van der Waals surface area contributed by atoms with Crippen molar-refractivity contribution in [2.45, 2.75) is 18.9 Å². The zero-order valence-electron chi connectivity index (χ0n) is 7.52. The Morgan fingerprint density at radius 2 is 2.08 bits per heavy atom. The summed E-state index contributed by atoms with van der Waals surface area (Å²) in [6.07, 6.45) is 4.37. The van der Waals surface area contributed by atoms with Crippen molar-refractivity contribution in [2.75, 3.05) is 6.54 Å². The monoisotopic (exact) mass is 175 g/mol. The van der Waals surface area contributed by atoms with Crippen molar-refractivity contribution in [3.63, 3.8) is 0 Å². The van der Waals surface area contributed by atoms with Gasteiger partial charge in [-0.15, -0.1) is 0 Å². The molecule has 0 N–H and O–H groups in total. The number of nitrogens with zero attached hydrogens (tertiary/aromatic N) is 1. The van der Waals surface area contributed by atoms with Crippen molar-refractivity contribution in [2.24, 2.45) is 4.99 Å². The van der Waals surface area contributed by atoms with Crippen LogP contribution in [0.1, 0.15) is 12.8 Å². The Hall–Kier alpha value is -1.31. The molecule has 1 unspecified atom stereocenters. The van der Waals surface area contributed by atoms with Crippen LogP contribution in [0.15, 0.2) is 35.3 Å². The van der Waals surface area contributed by atoms with Crippen LogP contribution < -0.4 is 4.74 Å². The first-order valence-corrected chi connectivity index (χ1v) is 4.65. The number of hydrogen-bond acceptors (Lipinski definition) is 2. The van der Waals surface area contributed by atoms with Crippen LogP contribution in [0, 0.1) is 0 Å². The highest BCUT2D eigenvalue weighted by atomic mass is 16.5. The standard InChI is InChI=1S/C11H13NO/c1-2-5-10(6-3-1)13-11-7-4-8-12-9-11/h1-3,5-6,8,11H,4,7,9H2. The van der Waals surface area contributed by atoms with Crippen LogP contribution in [-0.4, -0.2) is 18.9 Å². The van der Waals surface area contributed by atoms with Crippen LogP contribution in [0.4, 0.5) is 0 Å². The molecule has 2 nitrogen and oxygen atoms in total. The number of rotatable bonds is 2. The highest BCUT2D eigenvalue weighted by molar-refractivity contribution is 5.58. The van der Waals surface area contributed by atoms with E-state index in [2.05, 4.69) is 4.99 Å². The van der Waals surface area contributed by atoms with Gasteiger partial charge in [0.1, 0.15) is 11.9 Å². The fourth-order valence-electron chi connectivity index (χ4n) is 1.42. The van der Waals surface area contributed by atoms with E-state index in [9.17, 15) is 0 Å². The Bertz CT molecular complexity index is 281. The maximum Gasteiger partial charge on any atom is 0.119 e. The van der Waals surface area contributed by atoms with Gasteiger partial charge in [-0.25, -0.2) is 0 Å². The molecule has 1 aliphatic heterocycles. The maximum absolute atomic E-state index is 5.74. The van der Waals surface area contributed by atoms with E-state index in [0.717, 1.165) is 25.1 Å². The lowest BCUT2D eigenvalue weighted by Crippen LogP contribution is -2.23. The Morgan fingerprint density at radius 1 is 1.23 bits per heavy atom. The van der Waals surface area contributed by atoms with E-state index >= 15 is 0 Å². The average molecular weight is 175 g/mol. The summed E-state index contributed by atoms with van der Waals surface area (Å²) in [6.45, 7) is 0.800. The topological polar surface area (TPSA) is 21.6 Å². The molecular formula is C11H13NO. The second kappa shape index (κ2) is 4.08. The van der Waals surface area contributed by atoms with Crippen LogP contribution >= 0.6 is 0 Å². The Balaban J connectivity index is 1.94. The van der Waals surface area contributed by atoms with Gasteiger partial charge in [0.2, 0.25) is 0 Å². The molecular weight excluding hydrogens is 162 g/mol. The fourth-order valence-corrected chi connectivity index (χ4v) is 1.42. The first-order valence-electron chi connectivity index (χ1n) is 4.65. The molecule has 1 atom stereocenters. The highest BCUT2D eigenvalue weighted by Gasteiger charge is 2.11. The highest BCUT2D eigenvalue weighted by Crippen LogP contribution is 2.14. The summed E-state index contributed by atoms with van der Waals surface area (Å²) in [5, 5.41) is 0. The molecule has 0 saturated carbocycles. The summed E-state index contributed by atoms with van der Waals surface area (Å²) in [5.74, 6) is 0.949. The minimum absolute atomic E-state index is 0.271. The van der Waals surface area contributed by atoms with Gasteiger partial charge in [0.05, 0.1) is 6.54 Å². The SMILES string of the molecule is C1=NCC(Oc2ccccc2)CC1. The van der Waals surface area contributed by atoms with Crippen LogP contribution in [0.25, 0.3) is 0 Å². The Morgan fingerprint density at radius 3 is 2.77 bits per heavy atom. The first kappa shape index (κ1) is 8.30. The summed E-state index contributed by atoms with van der Waals surface area (Å²) in [5.41, 5.74) is 0. The van der Waals surface area contributed by atoms with Crippen molar-refractivity contribution in [1.29, 1.82) is 0 Å². The average Bonchev–Trinajstić information content (AvgIpc) is 2.21. The van der Waals surface area contributed by atoms with Gasteiger partial charge < -0.3 is 4.74 Å². The molecule has 0 amide bonds. The zero-order valence-corrected chi connectivity index (χ0v) is 7.52. The van der Waals surface area contributed by atoms with Gasteiger partial charge in [-0.05, 0) is 31.2 Å². The lowest BCUT2D eigenvalue weighted by atomic mass is 10.1. The molecule has 68 valence electrons. The molecule has 2 heteroatoms. The van der Waals surface area contributed by atoms with Crippen molar-refractivity contribution in [3.8, 4) is 5.75 Å². The molecule has 0 spiro atoms. The lowest BCUT2D eigenvalue weighted by Gasteiger charge is -2.18. The molecule has 0 saturated heterocycles. The van der Waals surface area contributed by atoms with E-state index in [1.165, 1.54) is 0 Å². The quantitative estimate of drug-likeness (QED) is 0.675. The fraction of sp³-hybridized carbons (Fsp3) is 0.364. The molecule has 13 heavy (non-hydrogen) atoms. The largest absolute Gasteiger partial charge is 0.488 e. The van der Waals surface area contributed by atoms with Crippen LogP contribution in [-0.2, 0) is 0 Å². The zero-order chi connectivity index (χ0) is 8.93. The summed E-state index contributed by atoms with van der Waals surface area (Å²) >= 11 is 0. The molecule has 1 aromatic rings. The van der Waals surface area contributed by atoms with Crippen molar-refractivity contribution >= 4 is 6.21 Å². The predicted octanol–water partition coefficient (Wildman–Crippen LogP) is 2.30. The molecule has 0 bridgehead atoms. The van der Waals surface area contributed by atoms with E-state index < -0.39 is 0 Å². The van der Waals surface area contributed by atoms with Gasteiger partial charge in [0, 0.05) is 0 Å². The van der Waals surface area contributed by atoms with Crippen LogP contribution in [0.5, 0.6) is 5.75 Å².